The first-order valence-electron chi connectivity index (χ1n) is 5.98. The first-order chi connectivity index (χ1) is 8.16. The minimum atomic E-state index is 0.501. The van der Waals surface area contributed by atoms with Crippen molar-refractivity contribution in [3.63, 3.8) is 0 Å². The summed E-state index contributed by atoms with van der Waals surface area (Å²) in [6, 6.07) is 4.15. The molecule has 1 aliphatic rings. The fourth-order valence-electron chi connectivity index (χ4n) is 2.32. The smallest absolute Gasteiger partial charge is 0.0920 e. The number of allylic oxidation sites excluding steroid dienone is 2. The average molecular weight is 226 g/mol. The molecule has 1 unspecified atom stereocenters. The van der Waals surface area contributed by atoms with Gasteiger partial charge in [0.2, 0.25) is 0 Å². The fourth-order valence-corrected chi connectivity index (χ4v) is 2.32. The van der Waals surface area contributed by atoms with Crippen LogP contribution in [-0.4, -0.2) is 11.2 Å². The molecule has 0 saturated heterocycles. The van der Waals surface area contributed by atoms with Gasteiger partial charge in [-0.05, 0) is 36.0 Å². The fraction of sp³-hybridized carbons (Fsp3) is 0.333. The van der Waals surface area contributed by atoms with Crippen LogP contribution in [0.3, 0.4) is 0 Å². The molecule has 0 spiro atoms. The third kappa shape index (κ3) is 1.95. The molecule has 0 radical (unpaired) electrons. The molecule has 1 aliphatic carbocycles. The van der Waals surface area contributed by atoms with Gasteiger partial charge in [0.15, 0.2) is 0 Å². The number of hydrogen-bond donors (Lipinski definition) is 0. The zero-order valence-electron chi connectivity index (χ0n) is 10.6. The lowest BCUT2D eigenvalue weighted by atomic mass is 9.77. The maximum Gasteiger partial charge on any atom is 0.0920 e. The Hall–Kier alpha value is -1.70. The lowest BCUT2D eigenvalue weighted by Crippen LogP contribution is -2.17. The van der Waals surface area contributed by atoms with E-state index in [0.29, 0.717) is 11.8 Å². The Balaban J connectivity index is 2.62. The third-order valence-corrected chi connectivity index (χ3v) is 3.67. The van der Waals surface area contributed by atoms with E-state index in [9.17, 15) is 0 Å². The molecule has 1 aromatic heterocycles. The summed E-state index contributed by atoms with van der Waals surface area (Å²) in [6.07, 6.45) is 5.27. The van der Waals surface area contributed by atoms with Crippen LogP contribution < -0.4 is 0 Å². The molecule has 2 nitrogen and oxygen atoms in total. The minimum absolute atomic E-state index is 0.501. The number of fused-ring (bicyclic) bond motifs is 1. The van der Waals surface area contributed by atoms with Crippen LogP contribution >= 0.6 is 0 Å². The van der Waals surface area contributed by atoms with E-state index in [1.807, 2.05) is 12.3 Å². The van der Waals surface area contributed by atoms with E-state index in [1.165, 1.54) is 11.1 Å². The summed E-state index contributed by atoms with van der Waals surface area (Å²) in [5.74, 6) is 1.00. The summed E-state index contributed by atoms with van der Waals surface area (Å²) < 4.78 is 0. The average Bonchev–Trinajstić information content (AvgIpc) is 2.36. The van der Waals surface area contributed by atoms with Crippen molar-refractivity contribution >= 4 is 11.9 Å². The topological polar surface area (TPSA) is 25.2 Å². The highest BCUT2D eigenvalue weighted by molar-refractivity contribution is 5.81. The normalized spacial score (nSPS) is 23.9. The molecule has 17 heavy (non-hydrogen) atoms. The van der Waals surface area contributed by atoms with Crippen LogP contribution in [-0.2, 0) is 0 Å². The third-order valence-electron chi connectivity index (χ3n) is 3.67. The summed E-state index contributed by atoms with van der Waals surface area (Å²) in [5.41, 5.74) is 4.63. The van der Waals surface area contributed by atoms with Crippen LogP contribution in [0.25, 0.3) is 5.70 Å². The highest BCUT2D eigenvalue weighted by atomic mass is 14.8. The van der Waals surface area contributed by atoms with E-state index in [0.717, 1.165) is 11.4 Å². The first kappa shape index (κ1) is 11.8. The van der Waals surface area contributed by atoms with Crippen molar-refractivity contribution in [3.05, 3.63) is 47.8 Å². The Kier molecular flexibility index (Phi) is 3.23. The maximum atomic E-state index is 4.48. The number of aromatic nitrogens is 1. The lowest BCUT2D eigenvalue weighted by Gasteiger charge is -2.29. The monoisotopic (exact) mass is 226 g/mol. The van der Waals surface area contributed by atoms with Gasteiger partial charge in [0.1, 0.15) is 0 Å². The Morgan fingerprint density at radius 2 is 2.12 bits per heavy atom. The molecule has 0 aliphatic heterocycles. The first-order valence-corrected chi connectivity index (χ1v) is 5.98. The Labute approximate surface area is 103 Å². The Bertz CT molecular complexity index is 497. The van der Waals surface area contributed by atoms with Crippen LogP contribution in [0.15, 0.2) is 41.6 Å². The van der Waals surface area contributed by atoms with Crippen LogP contribution in [0.1, 0.15) is 37.9 Å². The lowest BCUT2D eigenvalue weighted by molar-refractivity contribution is 0.548. The second kappa shape index (κ2) is 4.66. The number of pyridine rings is 1. The summed E-state index contributed by atoms with van der Waals surface area (Å²) >= 11 is 0. The molecular weight excluding hydrogens is 208 g/mol. The second-order valence-corrected chi connectivity index (χ2v) is 4.56. The van der Waals surface area contributed by atoms with Crippen molar-refractivity contribution in [1.29, 1.82) is 0 Å². The molecule has 0 amide bonds. The van der Waals surface area contributed by atoms with E-state index in [1.54, 1.807) is 12.3 Å². The quantitative estimate of drug-likeness (QED) is 0.704. The number of aliphatic imine (C=N–C) groups is 1. The van der Waals surface area contributed by atoms with E-state index < -0.39 is 0 Å². The number of rotatable bonds is 2. The predicted octanol–water partition coefficient (Wildman–Crippen LogP) is 3.82. The van der Waals surface area contributed by atoms with E-state index in [-0.39, 0.29) is 0 Å². The van der Waals surface area contributed by atoms with Gasteiger partial charge in [-0.1, -0.05) is 32.6 Å². The van der Waals surface area contributed by atoms with E-state index >= 15 is 0 Å². The molecule has 2 heteroatoms. The van der Waals surface area contributed by atoms with Gasteiger partial charge < -0.3 is 0 Å². The number of nitrogens with zero attached hydrogens (tertiary/aromatic N) is 2. The second-order valence-electron chi connectivity index (χ2n) is 4.56. The molecule has 0 bridgehead atoms. The van der Waals surface area contributed by atoms with E-state index in [2.05, 4.69) is 43.4 Å². The van der Waals surface area contributed by atoms with Crippen molar-refractivity contribution in [2.24, 2.45) is 10.9 Å². The van der Waals surface area contributed by atoms with Crippen LogP contribution in [0.5, 0.6) is 0 Å². The van der Waals surface area contributed by atoms with Crippen molar-refractivity contribution in [2.75, 3.05) is 0 Å². The molecule has 0 N–H and O–H groups in total. The Morgan fingerprint density at radius 3 is 2.82 bits per heavy atom. The summed E-state index contributed by atoms with van der Waals surface area (Å²) in [4.78, 5) is 8.97. The molecule has 1 heterocycles. The van der Waals surface area contributed by atoms with Gasteiger partial charge in [-0.15, -0.1) is 0 Å². The van der Waals surface area contributed by atoms with Gasteiger partial charge >= 0.3 is 0 Å². The number of hydrogen-bond acceptors (Lipinski definition) is 2. The highest BCUT2D eigenvalue weighted by Crippen LogP contribution is 2.41. The largest absolute Gasteiger partial charge is 0.255 e. The van der Waals surface area contributed by atoms with Gasteiger partial charge in [-0.25, -0.2) is 0 Å². The zero-order valence-corrected chi connectivity index (χ0v) is 10.6. The summed E-state index contributed by atoms with van der Waals surface area (Å²) in [7, 11) is 0. The molecule has 2 atom stereocenters. The van der Waals surface area contributed by atoms with Crippen molar-refractivity contribution in [3.8, 4) is 0 Å². The summed E-state index contributed by atoms with van der Waals surface area (Å²) in [5, 5.41) is 0. The maximum absolute atomic E-state index is 4.48. The minimum Gasteiger partial charge on any atom is -0.255 e. The SMILES string of the molecule is C=CC=NC1=C(C)[C@@H](C)C(C)c2cccnc21. The molecule has 88 valence electrons. The van der Waals surface area contributed by atoms with E-state index in [4.69, 9.17) is 0 Å². The standard InChI is InChI=1S/C15H18N2/c1-5-8-16-14-12(4)10(2)11(3)13-7-6-9-17-15(13)14/h5-11H,1H2,2-4H3/t10-,11?/m0/s1. The molecule has 2 rings (SSSR count). The zero-order chi connectivity index (χ0) is 12.4. The molecular formula is C15H18N2. The van der Waals surface area contributed by atoms with Gasteiger partial charge in [0.25, 0.3) is 0 Å². The van der Waals surface area contributed by atoms with Crippen LogP contribution in [0, 0.1) is 5.92 Å². The van der Waals surface area contributed by atoms with Crippen molar-refractivity contribution in [1.82, 2.24) is 4.98 Å². The molecule has 0 aromatic carbocycles. The molecule has 1 aromatic rings. The van der Waals surface area contributed by atoms with Gasteiger partial charge in [-0.2, -0.15) is 0 Å². The van der Waals surface area contributed by atoms with Gasteiger partial charge in [0.05, 0.1) is 11.4 Å². The molecule has 0 saturated carbocycles. The predicted molar refractivity (Wildman–Crippen MR) is 73.1 cm³/mol. The van der Waals surface area contributed by atoms with Crippen LogP contribution in [0.4, 0.5) is 0 Å². The van der Waals surface area contributed by atoms with Gasteiger partial charge in [-0.3, -0.25) is 9.98 Å². The summed E-state index contributed by atoms with van der Waals surface area (Å²) in [6.45, 7) is 10.3. The highest BCUT2D eigenvalue weighted by Gasteiger charge is 2.28. The van der Waals surface area contributed by atoms with Gasteiger partial charge in [0, 0.05) is 12.4 Å². The van der Waals surface area contributed by atoms with Crippen LogP contribution in [0.2, 0.25) is 0 Å². The van der Waals surface area contributed by atoms with Crippen molar-refractivity contribution < 1.29 is 0 Å². The molecule has 0 fully saturated rings. The van der Waals surface area contributed by atoms with Crippen molar-refractivity contribution in [2.45, 2.75) is 26.7 Å². The Morgan fingerprint density at radius 1 is 1.35 bits per heavy atom.